The van der Waals surface area contributed by atoms with Crippen LogP contribution in [0.5, 0.6) is 0 Å². The number of amides is 2. The molecule has 3 atom stereocenters. The van der Waals surface area contributed by atoms with Gasteiger partial charge in [0.25, 0.3) is 22.8 Å². The maximum Gasteiger partial charge on any atom is 0.358 e. The number of nitrogens with two attached hydrogens (primary N) is 1. The van der Waals surface area contributed by atoms with Crippen LogP contribution in [0.25, 0.3) is 0 Å². The van der Waals surface area contributed by atoms with Gasteiger partial charge in [0.05, 0.1) is 4.21 Å². The molecular formula is C21H20N6O10S5. The van der Waals surface area contributed by atoms with Crippen molar-refractivity contribution in [2.75, 3.05) is 23.0 Å². The van der Waals surface area contributed by atoms with Gasteiger partial charge in [-0.15, -0.1) is 46.6 Å². The zero-order chi connectivity index (χ0) is 30.7. The van der Waals surface area contributed by atoms with Gasteiger partial charge in [-0.1, -0.05) is 23.6 Å². The van der Waals surface area contributed by atoms with Gasteiger partial charge in [0, 0.05) is 16.9 Å². The second kappa shape index (κ2) is 13.2. The Kier molecular flexibility index (Phi) is 9.86. The number of nitrogens with one attached hydrogen (secondary N) is 2. The van der Waals surface area contributed by atoms with Gasteiger partial charge in [0.2, 0.25) is 0 Å². The van der Waals surface area contributed by atoms with Crippen molar-refractivity contribution in [3.05, 3.63) is 38.3 Å². The summed E-state index contributed by atoms with van der Waals surface area (Å²) in [5.41, 5.74) is 2.62. The molecule has 42 heavy (non-hydrogen) atoms. The van der Waals surface area contributed by atoms with Crippen molar-refractivity contribution in [2.45, 2.75) is 28.0 Å². The van der Waals surface area contributed by atoms with Gasteiger partial charge in [0.1, 0.15) is 22.8 Å². The molecule has 1 fully saturated rings. The van der Waals surface area contributed by atoms with Crippen molar-refractivity contribution in [1.29, 1.82) is 0 Å². The first-order valence-corrected chi connectivity index (χ1v) is 16.3. The number of carboxylic acids is 3. The molecule has 2 aliphatic heterocycles. The largest absolute Gasteiger partial charge is 0.478 e. The highest BCUT2D eigenvalue weighted by molar-refractivity contribution is 8.02. The Morgan fingerprint density at radius 2 is 2.02 bits per heavy atom. The summed E-state index contributed by atoms with van der Waals surface area (Å²) in [5.74, 6) is -5.26. The number of β-lactam (4-membered cyclic amide) rings is 1. The summed E-state index contributed by atoms with van der Waals surface area (Å²) in [7, 11) is 0. The lowest BCUT2D eigenvalue weighted by atomic mass is 10.0. The fraction of sp³-hybridized carbons (Fsp3) is 0.333. The fourth-order valence-corrected chi connectivity index (χ4v) is 8.28. The molecule has 2 aromatic heterocycles. The van der Waals surface area contributed by atoms with Gasteiger partial charge in [-0.2, -0.15) is 0 Å². The van der Waals surface area contributed by atoms with E-state index in [9.17, 15) is 44.1 Å². The number of anilines is 1. The molecule has 0 aliphatic carbocycles. The number of aliphatic carboxylic acids is 2. The van der Waals surface area contributed by atoms with Crippen molar-refractivity contribution in [3.63, 3.8) is 0 Å². The van der Waals surface area contributed by atoms with Crippen LogP contribution >= 0.6 is 58.2 Å². The van der Waals surface area contributed by atoms with Crippen molar-refractivity contribution < 1.29 is 44.1 Å². The number of nitrogens with zero attached hydrogens (tertiary/aromatic N) is 3. The lowest BCUT2D eigenvalue weighted by Crippen LogP contribution is -2.71. The second-order valence-electron chi connectivity index (χ2n) is 8.15. The van der Waals surface area contributed by atoms with Crippen LogP contribution in [0.4, 0.5) is 5.13 Å². The van der Waals surface area contributed by atoms with Gasteiger partial charge in [-0.3, -0.25) is 23.7 Å². The molecule has 224 valence electrons. The standard InChI is InChI=1S/C21H20N6O10S5/c1-2-38-19(18(35)36)37-25-9(7-5-41-21(22)23-7)13(29)24-10-14(30)27-11(17(33)34)6(3-39-15(10)27)4-40-20-8(16(31)32)12(28)26-42-20/h5,10,15,19H,2-4H2,1H3,(H2,22,23)(H,24,29)(H,26,28)(H,31,32)(H,33,34)(H,35,36)/b25-9-. The molecule has 2 amide bonds. The summed E-state index contributed by atoms with van der Waals surface area (Å²) in [5, 5.41) is 35.4. The quantitative estimate of drug-likeness (QED) is 0.0558. The van der Waals surface area contributed by atoms with Crippen LogP contribution in [0.3, 0.4) is 0 Å². The molecule has 0 spiro atoms. The van der Waals surface area contributed by atoms with Crippen LogP contribution in [-0.4, -0.2) is 99.1 Å². The maximum absolute atomic E-state index is 13.2. The number of rotatable bonds is 13. The van der Waals surface area contributed by atoms with E-state index in [0.717, 1.165) is 51.3 Å². The average molecular weight is 677 g/mol. The number of carboxylic acid groups (broad SMARTS) is 3. The number of carbonyl (C=O) groups is 5. The van der Waals surface area contributed by atoms with Crippen LogP contribution in [0.15, 0.2) is 30.8 Å². The van der Waals surface area contributed by atoms with Gasteiger partial charge < -0.3 is 31.2 Å². The maximum atomic E-state index is 13.2. The van der Waals surface area contributed by atoms with E-state index in [4.69, 9.17) is 10.6 Å². The predicted molar refractivity (Wildman–Crippen MR) is 156 cm³/mol. The molecule has 0 radical (unpaired) electrons. The number of aromatic nitrogens is 2. The number of carbonyl (C=O) groups excluding carboxylic acids is 2. The zero-order valence-corrected chi connectivity index (χ0v) is 25.2. The van der Waals surface area contributed by atoms with E-state index in [2.05, 4.69) is 19.8 Å². The predicted octanol–water partition coefficient (Wildman–Crippen LogP) is 0.589. The van der Waals surface area contributed by atoms with Crippen molar-refractivity contribution in [2.24, 2.45) is 5.16 Å². The van der Waals surface area contributed by atoms with Crippen molar-refractivity contribution >= 4 is 98.7 Å². The average Bonchev–Trinajstić information content (AvgIpc) is 3.53. The Morgan fingerprint density at radius 3 is 2.62 bits per heavy atom. The van der Waals surface area contributed by atoms with E-state index < -0.39 is 63.4 Å². The SMILES string of the molecule is CCSC(O/N=C(\C(=O)NC1C(=O)N2C(C(=O)O)=C(CSc3s[nH]c(=O)c3C(=O)O)CSC12)c1csc(N)n1)C(=O)O. The fourth-order valence-electron chi connectivity index (χ4n) is 3.73. The molecule has 0 bridgehead atoms. The number of fused-ring (bicyclic) bond motifs is 1. The minimum Gasteiger partial charge on any atom is -0.478 e. The topological polar surface area (TPSA) is 255 Å². The molecular weight excluding hydrogens is 657 g/mol. The number of H-pyrrole nitrogens is 1. The summed E-state index contributed by atoms with van der Waals surface area (Å²) in [4.78, 5) is 83.2. The monoisotopic (exact) mass is 676 g/mol. The lowest BCUT2D eigenvalue weighted by Gasteiger charge is -2.49. The number of thioether (sulfide) groups is 3. The molecule has 2 aliphatic rings. The Balaban J connectivity index is 1.52. The van der Waals surface area contributed by atoms with E-state index in [1.54, 1.807) is 6.92 Å². The number of thiazole rings is 1. The molecule has 0 saturated carbocycles. The molecule has 4 heterocycles. The van der Waals surface area contributed by atoms with Gasteiger partial charge in [-0.25, -0.2) is 19.4 Å². The number of aromatic carboxylic acids is 1. The molecule has 16 nitrogen and oxygen atoms in total. The molecule has 21 heteroatoms. The summed E-state index contributed by atoms with van der Waals surface area (Å²) in [6.07, 6.45) is 0. The van der Waals surface area contributed by atoms with Crippen molar-refractivity contribution in [3.8, 4) is 0 Å². The molecule has 3 unspecified atom stereocenters. The summed E-state index contributed by atoms with van der Waals surface area (Å²) in [6, 6.07) is -1.15. The number of aromatic amines is 1. The molecule has 4 rings (SSSR count). The number of nitrogen functional groups attached to an aromatic ring is 1. The van der Waals surface area contributed by atoms with E-state index in [-0.39, 0.29) is 32.2 Å². The van der Waals surface area contributed by atoms with Crippen LogP contribution in [0, 0.1) is 0 Å². The van der Waals surface area contributed by atoms with E-state index in [1.165, 1.54) is 17.1 Å². The molecule has 2 aromatic rings. The summed E-state index contributed by atoms with van der Waals surface area (Å²) < 4.78 is 2.49. The minimum atomic E-state index is -1.42. The Hall–Kier alpha value is -3.53. The van der Waals surface area contributed by atoms with E-state index in [1.807, 2.05) is 0 Å². The lowest BCUT2D eigenvalue weighted by molar-refractivity contribution is -0.150. The van der Waals surface area contributed by atoms with Gasteiger partial charge in [0.15, 0.2) is 16.4 Å². The normalized spacial score (nSPS) is 19.1. The van der Waals surface area contributed by atoms with Gasteiger partial charge in [-0.05, 0) is 11.3 Å². The third-order valence-electron chi connectivity index (χ3n) is 5.53. The number of oxime groups is 1. The summed E-state index contributed by atoms with van der Waals surface area (Å²) >= 11 is 4.85. The highest BCUT2D eigenvalue weighted by Crippen LogP contribution is 2.42. The highest BCUT2D eigenvalue weighted by Gasteiger charge is 2.54. The minimum absolute atomic E-state index is 0.00383. The zero-order valence-electron chi connectivity index (χ0n) is 21.1. The van der Waals surface area contributed by atoms with Crippen molar-refractivity contribution in [1.82, 2.24) is 19.6 Å². The summed E-state index contributed by atoms with van der Waals surface area (Å²) in [6.45, 7) is 1.71. The first kappa shape index (κ1) is 31.4. The third kappa shape index (κ3) is 6.43. The molecule has 0 aromatic carbocycles. The van der Waals surface area contributed by atoms with Crippen LogP contribution in [-0.2, 0) is 24.0 Å². The highest BCUT2D eigenvalue weighted by atomic mass is 32.2. The number of hydrogen-bond donors (Lipinski definition) is 6. The first-order chi connectivity index (χ1) is 19.9. The smallest absolute Gasteiger partial charge is 0.358 e. The molecule has 7 N–H and O–H groups in total. The Morgan fingerprint density at radius 1 is 1.29 bits per heavy atom. The number of hydrogen-bond acceptors (Lipinski definition) is 15. The van der Waals surface area contributed by atoms with Crippen LogP contribution < -0.4 is 16.6 Å². The first-order valence-electron chi connectivity index (χ1n) is 11.5. The second-order valence-corrected chi connectivity index (χ2v) is 13.5. The van der Waals surface area contributed by atoms with E-state index in [0.29, 0.717) is 11.3 Å². The molecule has 1 saturated heterocycles. The van der Waals surface area contributed by atoms with E-state index >= 15 is 0 Å². The third-order valence-corrected chi connectivity index (χ3v) is 10.7. The Bertz CT molecular complexity index is 1560. The van der Waals surface area contributed by atoms with Crippen LogP contribution in [0.2, 0.25) is 0 Å². The van der Waals surface area contributed by atoms with Crippen LogP contribution in [0.1, 0.15) is 23.0 Å². The Labute approximate surface area is 255 Å². The van der Waals surface area contributed by atoms with Gasteiger partial charge >= 0.3 is 17.9 Å².